The van der Waals surface area contributed by atoms with E-state index < -0.39 is 0 Å². The largest absolute Gasteiger partial charge is 0.317 e. The van der Waals surface area contributed by atoms with Crippen molar-refractivity contribution in [3.8, 4) is 0 Å². The molecule has 82 valence electrons. The van der Waals surface area contributed by atoms with Gasteiger partial charge >= 0.3 is 0 Å². The highest BCUT2D eigenvalue weighted by Crippen LogP contribution is 2.38. The van der Waals surface area contributed by atoms with Gasteiger partial charge in [0.05, 0.1) is 0 Å². The Morgan fingerprint density at radius 3 is 2.07 bits per heavy atom. The van der Waals surface area contributed by atoms with E-state index in [9.17, 15) is 0 Å². The monoisotopic (exact) mass is 195 g/mol. The maximum absolute atomic E-state index is 3.46. The van der Waals surface area contributed by atoms with E-state index in [1.807, 2.05) is 0 Å². The maximum Gasteiger partial charge on any atom is 0.00641 e. The van der Waals surface area contributed by atoms with Crippen LogP contribution < -0.4 is 5.32 Å². The van der Waals surface area contributed by atoms with E-state index in [0.29, 0.717) is 0 Å². The molecular formula is C13H25N. The minimum atomic E-state index is 0.821. The van der Waals surface area contributed by atoms with Crippen LogP contribution in [-0.4, -0.2) is 13.1 Å². The van der Waals surface area contributed by atoms with Gasteiger partial charge < -0.3 is 5.32 Å². The SMILES string of the molecule is CNC1CCCC(C2CCCC2)CC1. The lowest BCUT2D eigenvalue weighted by molar-refractivity contribution is 0.301. The molecule has 0 amide bonds. The summed E-state index contributed by atoms with van der Waals surface area (Å²) in [5.74, 6) is 2.18. The Hall–Kier alpha value is -0.0400. The molecule has 0 aliphatic heterocycles. The first kappa shape index (κ1) is 10.5. The van der Waals surface area contributed by atoms with Crippen molar-refractivity contribution in [2.24, 2.45) is 11.8 Å². The molecule has 1 nitrogen and oxygen atoms in total. The Balaban J connectivity index is 1.82. The lowest BCUT2D eigenvalue weighted by atomic mass is 9.85. The molecule has 0 saturated heterocycles. The Bertz CT molecular complexity index is 161. The molecule has 2 saturated carbocycles. The smallest absolute Gasteiger partial charge is 0.00641 e. The highest BCUT2D eigenvalue weighted by atomic mass is 14.9. The van der Waals surface area contributed by atoms with E-state index in [4.69, 9.17) is 0 Å². The minimum Gasteiger partial charge on any atom is -0.317 e. The summed E-state index contributed by atoms with van der Waals surface area (Å²) in [5.41, 5.74) is 0. The Labute approximate surface area is 88.7 Å². The van der Waals surface area contributed by atoms with E-state index in [2.05, 4.69) is 12.4 Å². The van der Waals surface area contributed by atoms with E-state index in [-0.39, 0.29) is 0 Å². The van der Waals surface area contributed by atoms with Crippen LogP contribution in [0.1, 0.15) is 57.8 Å². The molecule has 0 aromatic carbocycles. The van der Waals surface area contributed by atoms with Crippen molar-refractivity contribution < 1.29 is 0 Å². The summed E-state index contributed by atoms with van der Waals surface area (Å²) in [7, 11) is 2.13. The van der Waals surface area contributed by atoms with Crippen LogP contribution in [0.4, 0.5) is 0 Å². The first-order chi connectivity index (χ1) is 6.90. The summed E-state index contributed by atoms with van der Waals surface area (Å²) in [6.07, 6.45) is 13.4. The summed E-state index contributed by atoms with van der Waals surface area (Å²) < 4.78 is 0. The summed E-state index contributed by atoms with van der Waals surface area (Å²) in [6.45, 7) is 0. The Morgan fingerprint density at radius 1 is 0.714 bits per heavy atom. The molecule has 2 aliphatic carbocycles. The summed E-state index contributed by atoms with van der Waals surface area (Å²) >= 11 is 0. The summed E-state index contributed by atoms with van der Waals surface area (Å²) in [5, 5.41) is 3.46. The molecule has 2 atom stereocenters. The zero-order valence-electron chi connectivity index (χ0n) is 9.60. The second kappa shape index (κ2) is 5.16. The zero-order valence-corrected chi connectivity index (χ0v) is 9.60. The van der Waals surface area contributed by atoms with Gasteiger partial charge in [-0.3, -0.25) is 0 Å². The van der Waals surface area contributed by atoms with Gasteiger partial charge in [0.25, 0.3) is 0 Å². The van der Waals surface area contributed by atoms with Crippen LogP contribution in [0.15, 0.2) is 0 Å². The van der Waals surface area contributed by atoms with Crippen molar-refractivity contribution in [1.29, 1.82) is 0 Å². The third kappa shape index (κ3) is 2.50. The second-order valence-electron chi connectivity index (χ2n) is 5.30. The van der Waals surface area contributed by atoms with E-state index in [1.165, 1.54) is 57.8 Å². The Morgan fingerprint density at radius 2 is 1.36 bits per heavy atom. The molecule has 2 unspecified atom stereocenters. The van der Waals surface area contributed by atoms with Crippen molar-refractivity contribution in [1.82, 2.24) is 5.32 Å². The standard InChI is InChI=1S/C13H25N/c1-14-13-8-4-7-12(9-10-13)11-5-2-3-6-11/h11-14H,2-10H2,1H3. The number of rotatable bonds is 2. The molecule has 0 radical (unpaired) electrons. The lowest BCUT2D eigenvalue weighted by Crippen LogP contribution is -2.24. The number of nitrogens with one attached hydrogen (secondary N) is 1. The molecule has 0 bridgehead atoms. The molecule has 0 spiro atoms. The average Bonchev–Trinajstić information content (AvgIpc) is 2.63. The number of hydrogen-bond acceptors (Lipinski definition) is 1. The first-order valence-corrected chi connectivity index (χ1v) is 6.57. The number of hydrogen-bond donors (Lipinski definition) is 1. The molecule has 2 fully saturated rings. The van der Waals surface area contributed by atoms with Crippen LogP contribution in [0.2, 0.25) is 0 Å². The molecule has 2 rings (SSSR count). The van der Waals surface area contributed by atoms with Crippen LogP contribution in [0.5, 0.6) is 0 Å². The van der Waals surface area contributed by atoms with Crippen molar-refractivity contribution in [2.45, 2.75) is 63.8 Å². The maximum atomic E-state index is 3.46. The van der Waals surface area contributed by atoms with Gasteiger partial charge in [-0.1, -0.05) is 38.5 Å². The van der Waals surface area contributed by atoms with Gasteiger partial charge in [0.2, 0.25) is 0 Å². The third-order valence-corrected chi connectivity index (χ3v) is 4.49. The van der Waals surface area contributed by atoms with Gasteiger partial charge in [-0.15, -0.1) is 0 Å². The first-order valence-electron chi connectivity index (χ1n) is 6.57. The van der Waals surface area contributed by atoms with E-state index in [0.717, 1.165) is 17.9 Å². The van der Waals surface area contributed by atoms with E-state index in [1.54, 1.807) is 0 Å². The predicted molar refractivity (Wildman–Crippen MR) is 61.4 cm³/mol. The highest BCUT2D eigenvalue weighted by Gasteiger charge is 2.27. The highest BCUT2D eigenvalue weighted by molar-refractivity contribution is 4.80. The predicted octanol–water partition coefficient (Wildman–Crippen LogP) is 3.34. The molecule has 2 aliphatic rings. The second-order valence-corrected chi connectivity index (χ2v) is 5.30. The zero-order chi connectivity index (χ0) is 9.80. The van der Waals surface area contributed by atoms with Crippen molar-refractivity contribution in [3.05, 3.63) is 0 Å². The average molecular weight is 195 g/mol. The van der Waals surface area contributed by atoms with Gasteiger partial charge in [-0.05, 0) is 38.1 Å². The van der Waals surface area contributed by atoms with Crippen molar-refractivity contribution in [2.75, 3.05) is 7.05 Å². The Kier molecular flexibility index (Phi) is 3.86. The summed E-state index contributed by atoms with van der Waals surface area (Å²) in [4.78, 5) is 0. The molecule has 1 N–H and O–H groups in total. The van der Waals surface area contributed by atoms with Gasteiger partial charge in [-0.25, -0.2) is 0 Å². The van der Waals surface area contributed by atoms with Crippen LogP contribution in [0, 0.1) is 11.8 Å². The molecule has 0 aromatic heterocycles. The fraction of sp³-hybridized carbons (Fsp3) is 1.00. The summed E-state index contributed by atoms with van der Waals surface area (Å²) in [6, 6.07) is 0.821. The van der Waals surface area contributed by atoms with Crippen molar-refractivity contribution in [3.63, 3.8) is 0 Å². The lowest BCUT2D eigenvalue weighted by Gasteiger charge is -2.21. The van der Waals surface area contributed by atoms with Gasteiger partial charge in [-0.2, -0.15) is 0 Å². The molecule has 1 heteroatoms. The van der Waals surface area contributed by atoms with Crippen LogP contribution in [0.25, 0.3) is 0 Å². The molecule has 0 aromatic rings. The van der Waals surface area contributed by atoms with Gasteiger partial charge in [0.1, 0.15) is 0 Å². The van der Waals surface area contributed by atoms with Crippen LogP contribution in [0.3, 0.4) is 0 Å². The van der Waals surface area contributed by atoms with E-state index >= 15 is 0 Å². The fourth-order valence-corrected chi connectivity index (χ4v) is 3.52. The molecule has 14 heavy (non-hydrogen) atoms. The fourth-order valence-electron chi connectivity index (χ4n) is 3.52. The van der Waals surface area contributed by atoms with Crippen LogP contribution >= 0.6 is 0 Å². The van der Waals surface area contributed by atoms with Crippen LogP contribution in [-0.2, 0) is 0 Å². The molecular weight excluding hydrogens is 170 g/mol. The quantitative estimate of drug-likeness (QED) is 0.666. The topological polar surface area (TPSA) is 12.0 Å². The minimum absolute atomic E-state index is 0.821. The third-order valence-electron chi connectivity index (χ3n) is 4.49. The van der Waals surface area contributed by atoms with Crippen molar-refractivity contribution >= 4 is 0 Å². The molecule has 0 heterocycles. The van der Waals surface area contributed by atoms with Gasteiger partial charge in [0.15, 0.2) is 0 Å². The van der Waals surface area contributed by atoms with Gasteiger partial charge in [0, 0.05) is 6.04 Å². The normalized spacial score (nSPS) is 35.8.